The number of carbonyl (C=O) groups excluding carboxylic acids is 1. The first-order valence-electron chi connectivity index (χ1n) is 7.78. The second kappa shape index (κ2) is 7.41. The second-order valence-electron chi connectivity index (χ2n) is 5.32. The molecule has 6 nitrogen and oxygen atoms in total. The molecular weight excluding hydrogens is 302 g/mol. The van der Waals surface area contributed by atoms with Crippen molar-refractivity contribution in [2.24, 2.45) is 0 Å². The maximum Gasteiger partial charge on any atom is 0.270 e. The lowest BCUT2D eigenvalue weighted by molar-refractivity contribution is 0.0953. The van der Waals surface area contributed by atoms with E-state index in [2.05, 4.69) is 44.3 Å². The van der Waals surface area contributed by atoms with Crippen LogP contribution in [0, 0.1) is 0 Å². The monoisotopic (exact) mass is 321 g/mol. The normalized spacial score (nSPS) is 10.5. The Balaban J connectivity index is 1.60. The lowest BCUT2D eigenvalue weighted by Crippen LogP contribution is -2.24. The molecule has 0 saturated carbocycles. The minimum absolute atomic E-state index is 0.239. The summed E-state index contributed by atoms with van der Waals surface area (Å²) in [4.78, 5) is 23.3. The van der Waals surface area contributed by atoms with Crippen molar-refractivity contribution in [3.8, 4) is 0 Å². The number of fused-ring (bicyclic) bond motifs is 1. The number of H-pyrrole nitrogens is 1. The fourth-order valence-electron chi connectivity index (χ4n) is 2.50. The van der Waals surface area contributed by atoms with Crippen LogP contribution in [-0.4, -0.2) is 33.9 Å². The van der Waals surface area contributed by atoms with Gasteiger partial charge in [-0.1, -0.05) is 24.3 Å². The number of nitrogens with zero attached hydrogens (tertiary/aromatic N) is 2. The summed E-state index contributed by atoms with van der Waals surface area (Å²) < 4.78 is 0. The van der Waals surface area contributed by atoms with Crippen LogP contribution in [0.2, 0.25) is 0 Å². The van der Waals surface area contributed by atoms with Gasteiger partial charge in [0.25, 0.3) is 5.91 Å². The number of hydrogen-bond acceptors (Lipinski definition) is 4. The Morgan fingerprint density at radius 1 is 1.29 bits per heavy atom. The molecule has 2 heterocycles. The van der Waals surface area contributed by atoms with E-state index in [4.69, 9.17) is 0 Å². The Morgan fingerprint density at radius 2 is 2.17 bits per heavy atom. The van der Waals surface area contributed by atoms with Crippen LogP contribution in [0.15, 0.2) is 55.5 Å². The van der Waals surface area contributed by atoms with Gasteiger partial charge in [-0.3, -0.25) is 4.79 Å². The van der Waals surface area contributed by atoms with E-state index < -0.39 is 0 Å². The lowest BCUT2D eigenvalue weighted by Gasteiger charge is -2.07. The van der Waals surface area contributed by atoms with Crippen LogP contribution < -0.4 is 10.6 Å². The predicted molar refractivity (Wildman–Crippen MR) is 95.1 cm³/mol. The van der Waals surface area contributed by atoms with Crippen LogP contribution in [0.1, 0.15) is 16.1 Å². The number of carbonyl (C=O) groups is 1. The van der Waals surface area contributed by atoms with Crippen LogP contribution >= 0.6 is 0 Å². The van der Waals surface area contributed by atoms with E-state index >= 15 is 0 Å². The van der Waals surface area contributed by atoms with Crippen LogP contribution in [0.25, 0.3) is 10.9 Å². The third-order valence-electron chi connectivity index (χ3n) is 3.68. The highest BCUT2D eigenvalue weighted by Crippen LogP contribution is 2.18. The molecule has 0 unspecified atom stereocenters. The maximum atomic E-state index is 11.9. The molecule has 0 atom stereocenters. The Bertz CT molecular complexity index is 855. The third-order valence-corrected chi connectivity index (χ3v) is 3.68. The van der Waals surface area contributed by atoms with Gasteiger partial charge in [0.2, 0.25) is 0 Å². The van der Waals surface area contributed by atoms with Gasteiger partial charge >= 0.3 is 0 Å². The topological polar surface area (TPSA) is 82.7 Å². The fraction of sp³-hybridized carbons (Fsp3) is 0.167. The molecule has 0 aliphatic rings. The summed E-state index contributed by atoms with van der Waals surface area (Å²) >= 11 is 0. The smallest absolute Gasteiger partial charge is 0.270 e. The second-order valence-corrected chi connectivity index (χ2v) is 5.32. The summed E-state index contributed by atoms with van der Waals surface area (Å²) in [5.74, 6) is 0.394. The average Bonchev–Trinajstić information content (AvgIpc) is 3.03. The third kappa shape index (κ3) is 3.60. The number of hydrogen-bond donors (Lipinski definition) is 3. The first-order chi connectivity index (χ1) is 11.8. The molecule has 0 bridgehead atoms. The quantitative estimate of drug-likeness (QED) is 0.584. The van der Waals surface area contributed by atoms with Crippen LogP contribution in [0.4, 0.5) is 5.82 Å². The van der Waals surface area contributed by atoms with Crippen LogP contribution in [-0.2, 0) is 6.42 Å². The van der Waals surface area contributed by atoms with Gasteiger partial charge in [0.1, 0.15) is 17.8 Å². The predicted octanol–water partition coefficient (Wildman–Crippen LogP) is 2.53. The van der Waals surface area contributed by atoms with E-state index in [1.54, 1.807) is 12.1 Å². The average molecular weight is 321 g/mol. The first-order valence-corrected chi connectivity index (χ1v) is 7.78. The number of para-hydroxylation sites is 1. The van der Waals surface area contributed by atoms with E-state index in [0.717, 1.165) is 11.9 Å². The van der Waals surface area contributed by atoms with E-state index in [1.165, 1.54) is 17.3 Å². The zero-order chi connectivity index (χ0) is 16.8. The molecule has 3 aromatic rings. The SMILES string of the molecule is C=CCNC(=O)c1cc(NCCc2c[nH]c3ccccc23)ncn1. The van der Waals surface area contributed by atoms with Gasteiger partial charge in [-0.05, 0) is 18.1 Å². The van der Waals surface area contributed by atoms with Crippen molar-refractivity contribution in [2.75, 3.05) is 18.4 Å². The molecule has 6 heteroatoms. The molecule has 24 heavy (non-hydrogen) atoms. The molecule has 1 aromatic carbocycles. The van der Waals surface area contributed by atoms with Gasteiger partial charge in [-0.25, -0.2) is 9.97 Å². The van der Waals surface area contributed by atoms with Gasteiger partial charge in [-0.2, -0.15) is 0 Å². The number of aromatic nitrogens is 3. The summed E-state index contributed by atoms with van der Waals surface area (Å²) in [5.41, 5.74) is 2.72. The van der Waals surface area contributed by atoms with Gasteiger partial charge in [0.05, 0.1) is 0 Å². The van der Waals surface area contributed by atoms with E-state index in [-0.39, 0.29) is 5.91 Å². The van der Waals surface area contributed by atoms with Gasteiger partial charge < -0.3 is 15.6 Å². The largest absolute Gasteiger partial charge is 0.370 e. The summed E-state index contributed by atoms with van der Waals surface area (Å²) in [6.07, 6.45) is 5.89. The molecule has 0 radical (unpaired) electrons. The Morgan fingerprint density at radius 3 is 3.04 bits per heavy atom. The van der Waals surface area contributed by atoms with Crippen molar-refractivity contribution < 1.29 is 4.79 Å². The minimum Gasteiger partial charge on any atom is -0.370 e. The van der Waals surface area contributed by atoms with Crippen molar-refractivity contribution >= 4 is 22.6 Å². The van der Waals surface area contributed by atoms with Crippen molar-refractivity contribution in [3.63, 3.8) is 0 Å². The zero-order valence-corrected chi connectivity index (χ0v) is 13.2. The van der Waals surface area contributed by atoms with Crippen molar-refractivity contribution in [1.29, 1.82) is 0 Å². The fourth-order valence-corrected chi connectivity index (χ4v) is 2.50. The molecule has 0 aliphatic carbocycles. The highest BCUT2D eigenvalue weighted by Gasteiger charge is 2.08. The number of aromatic amines is 1. The molecule has 0 aliphatic heterocycles. The van der Waals surface area contributed by atoms with E-state index in [0.29, 0.717) is 24.6 Å². The molecule has 0 spiro atoms. The summed E-state index contributed by atoms with van der Waals surface area (Å²) in [5, 5.41) is 7.16. The standard InChI is InChI=1S/C18H19N5O/c1-2-8-20-18(24)16-10-17(23-12-22-16)19-9-7-13-11-21-15-6-4-3-5-14(13)15/h2-6,10-12,21H,1,7-9H2,(H,20,24)(H,19,22,23). The minimum atomic E-state index is -0.239. The molecule has 122 valence electrons. The van der Waals surface area contributed by atoms with E-state index in [9.17, 15) is 4.79 Å². The first kappa shape index (κ1) is 15.7. The van der Waals surface area contributed by atoms with Crippen LogP contribution in [0.5, 0.6) is 0 Å². The molecule has 0 saturated heterocycles. The van der Waals surface area contributed by atoms with Crippen molar-refractivity contribution in [3.05, 3.63) is 66.8 Å². The van der Waals surface area contributed by atoms with Crippen molar-refractivity contribution in [2.45, 2.75) is 6.42 Å². The molecule has 3 N–H and O–H groups in total. The number of anilines is 1. The highest BCUT2D eigenvalue weighted by atomic mass is 16.1. The molecule has 0 fully saturated rings. The number of nitrogens with one attached hydrogen (secondary N) is 3. The number of amides is 1. The molecule has 2 aromatic heterocycles. The van der Waals surface area contributed by atoms with Crippen LogP contribution in [0.3, 0.4) is 0 Å². The van der Waals surface area contributed by atoms with Crippen molar-refractivity contribution in [1.82, 2.24) is 20.3 Å². The lowest BCUT2D eigenvalue weighted by atomic mass is 10.1. The van der Waals surface area contributed by atoms with Gasteiger partial charge in [-0.15, -0.1) is 6.58 Å². The number of rotatable bonds is 7. The molecular formula is C18H19N5O. The van der Waals surface area contributed by atoms with E-state index in [1.807, 2.05) is 18.3 Å². The number of benzene rings is 1. The highest BCUT2D eigenvalue weighted by molar-refractivity contribution is 5.92. The summed E-state index contributed by atoms with van der Waals surface area (Å²) in [6, 6.07) is 9.86. The summed E-state index contributed by atoms with van der Waals surface area (Å²) in [7, 11) is 0. The molecule has 1 amide bonds. The Kier molecular flexibility index (Phi) is 4.86. The maximum absolute atomic E-state index is 11.9. The molecule has 3 rings (SSSR count). The van der Waals surface area contributed by atoms with Gasteiger partial charge in [0.15, 0.2) is 0 Å². The summed E-state index contributed by atoms with van der Waals surface area (Å²) in [6.45, 7) is 4.69. The Hall–Kier alpha value is -3.15. The van der Waals surface area contributed by atoms with Gasteiger partial charge in [0, 0.05) is 36.3 Å². The Labute approximate surface area is 140 Å². The zero-order valence-electron chi connectivity index (χ0n) is 13.2.